The molecule has 1 N–H and O–H groups in total. The molecule has 6 heteroatoms. The summed E-state index contributed by atoms with van der Waals surface area (Å²) in [5.74, 6) is 0.0319. The fraction of sp³-hybridized carbons (Fsp3) is 0.333. The molecule has 1 aliphatic rings. The predicted octanol–water partition coefficient (Wildman–Crippen LogP) is 4.66. The van der Waals surface area contributed by atoms with Gasteiger partial charge in [-0.1, -0.05) is 42.5 Å². The second-order valence-corrected chi connectivity index (χ2v) is 8.56. The molecule has 1 unspecified atom stereocenters. The largest absolute Gasteiger partial charge is 0.339 e. The molecule has 0 saturated carbocycles. The summed E-state index contributed by atoms with van der Waals surface area (Å²) < 4.78 is 13.3. The lowest BCUT2D eigenvalue weighted by Crippen LogP contribution is -2.36. The molecule has 1 fully saturated rings. The quantitative estimate of drug-likeness (QED) is 0.509. The molecular weight excluding hydrogens is 397 g/mol. The summed E-state index contributed by atoms with van der Waals surface area (Å²) in [6, 6.07) is 17.1. The molecule has 0 spiro atoms. The molecule has 4 rings (SSSR count). The van der Waals surface area contributed by atoms with E-state index in [0.717, 1.165) is 54.2 Å². The SMILES string of the molecule is O=C1CCC(CCNCc2cccc(F)c2)N1CCc1nc(-c2ccccc2)cs1. The molecule has 1 aromatic heterocycles. The molecular formula is C24H26FN3OS. The van der Waals surface area contributed by atoms with Crippen molar-refractivity contribution in [2.24, 2.45) is 0 Å². The van der Waals surface area contributed by atoms with E-state index in [1.54, 1.807) is 23.5 Å². The van der Waals surface area contributed by atoms with E-state index in [1.165, 1.54) is 6.07 Å². The lowest BCUT2D eigenvalue weighted by molar-refractivity contribution is -0.129. The van der Waals surface area contributed by atoms with Crippen molar-refractivity contribution in [1.29, 1.82) is 0 Å². The summed E-state index contributed by atoms with van der Waals surface area (Å²) in [6.07, 6.45) is 3.24. The van der Waals surface area contributed by atoms with Crippen molar-refractivity contribution >= 4 is 17.2 Å². The molecule has 1 saturated heterocycles. The van der Waals surface area contributed by atoms with Crippen LogP contribution in [0.25, 0.3) is 11.3 Å². The Morgan fingerprint density at radius 2 is 2.03 bits per heavy atom. The Labute approximate surface area is 180 Å². The van der Waals surface area contributed by atoms with E-state index in [4.69, 9.17) is 4.98 Å². The Balaban J connectivity index is 1.26. The zero-order chi connectivity index (χ0) is 20.8. The Hall–Kier alpha value is -2.57. The van der Waals surface area contributed by atoms with Gasteiger partial charge in [-0.05, 0) is 37.1 Å². The van der Waals surface area contributed by atoms with Gasteiger partial charge in [-0.2, -0.15) is 0 Å². The van der Waals surface area contributed by atoms with Gasteiger partial charge in [-0.25, -0.2) is 9.37 Å². The summed E-state index contributed by atoms with van der Waals surface area (Å²) >= 11 is 1.66. The van der Waals surface area contributed by atoms with Crippen LogP contribution in [0, 0.1) is 5.82 Å². The molecule has 1 atom stereocenters. The highest BCUT2D eigenvalue weighted by molar-refractivity contribution is 7.09. The summed E-state index contributed by atoms with van der Waals surface area (Å²) in [4.78, 5) is 19.1. The van der Waals surface area contributed by atoms with Crippen molar-refractivity contribution in [3.05, 3.63) is 76.4 Å². The van der Waals surface area contributed by atoms with Crippen LogP contribution in [0.3, 0.4) is 0 Å². The number of carbonyl (C=O) groups excluding carboxylic acids is 1. The normalized spacial score (nSPS) is 16.4. The summed E-state index contributed by atoms with van der Waals surface area (Å²) in [7, 11) is 0. The zero-order valence-corrected chi connectivity index (χ0v) is 17.7. The highest BCUT2D eigenvalue weighted by atomic mass is 32.1. The number of thiazole rings is 1. The molecule has 0 radical (unpaired) electrons. The Bertz CT molecular complexity index is 975. The van der Waals surface area contributed by atoms with Crippen LogP contribution in [-0.2, 0) is 17.8 Å². The Morgan fingerprint density at radius 3 is 2.87 bits per heavy atom. The second kappa shape index (κ2) is 9.96. The van der Waals surface area contributed by atoms with Crippen molar-refractivity contribution in [1.82, 2.24) is 15.2 Å². The molecule has 0 bridgehead atoms. The first kappa shape index (κ1) is 20.7. The first-order valence-corrected chi connectivity index (χ1v) is 11.3. The third kappa shape index (κ3) is 5.32. The van der Waals surface area contributed by atoms with E-state index in [-0.39, 0.29) is 17.8 Å². The van der Waals surface area contributed by atoms with Gasteiger partial charge in [0, 0.05) is 42.9 Å². The van der Waals surface area contributed by atoms with Gasteiger partial charge < -0.3 is 10.2 Å². The first-order chi connectivity index (χ1) is 14.7. The van der Waals surface area contributed by atoms with Gasteiger partial charge in [0.25, 0.3) is 0 Å². The third-order valence-electron chi connectivity index (χ3n) is 5.51. The van der Waals surface area contributed by atoms with Crippen molar-refractivity contribution in [2.75, 3.05) is 13.1 Å². The number of likely N-dealkylation sites (tertiary alicyclic amines) is 1. The van der Waals surface area contributed by atoms with Gasteiger partial charge in [-0.3, -0.25) is 4.79 Å². The molecule has 1 aliphatic heterocycles. The van der Waals surface area contributed by atoms with Crippen LogP contribution in [0.1, 0.15) is 29.8 Å². The predicted molar refractivity (Wildman–Crippen MR) is 119 cm³/mol. The van der Waals surface area contributed by atoms with Crippen LogP contribution in [0.15, 0.2) is 60.0 Å². The average molecular weight is 424 g/mol. The molecule has 2 heterocycles. The van der Waals surface area contributed by atoms with Crippen LogP contribution in [0.2, 0.25) is 0 Å². The summed E-state index contributed by atoms with van der Waals surface area (Å²) in [5, 5.41) is 6.53. The van der Waals surface area contributed by atoms with Gasteiger partial charge in [-0.15, -0.1) is 11.3 Å². The number of nitrogens with one attached hydrogen (secondary N) is 1. The van der Waals surface area contributed by atoms with E-state index < -0.39 is 0 Å². The standard InChI is InChI=1S/C24H26FN3OS/c25-20-8-4-5-18(15-20)16-26-13-11-21-9-10-24(29)28(21)14-12-23-27-22(17-30-23)19-6-2-1-3-7-19/h1-8,15,17,21,26H,9-14,16H2. The van der Waals surface area contributed by atoms with E-state index in [9.17, 15) is 9.18 Å². The highest BCUT2D eigenvalue weighted by Gasteiger charge is 2.30. The second-order valence-electron chi connectivity index (χ2n) is 7.62. The van der Waals surface area contributed by atoms with Crippen LogP contribution in [0.4, 0.5) is 4.39 Å². The monoisotopic (exact) mass is 423 g/mol. The Morgan fingerprint density at radius 1 is 1.17 bits per heavy atom. The number of hydrogen-bond acceptors (Lipinski definition) is 4. The number of halogens is 1. The van der Waals surface area contributed by atoms with E-state index in [0.29, 0.717) is 13.0 Å². The lowest BCUT2D eigenvalue weighted by Gasteiger charge is -2.24. The third-order valence-corrected chi connectivity index (χ3v) is 6.42. The number of hydrogen-bond donors (Lipinski definition) is 1. The maximum Gasteiger partial charge on any atom is 0.222 e. The Kier molecular flexibility index (Phi) is 6.87. The van der Waals surface area contributed by atoms with Crippen LogP contribution >= 0.6 is 11.3 Å². The molecule has 0 aliphatic carbocycles. The van der Waals surface area contributed by atoms with Crippen LogP contribution in [-0.4, -0.2) is 34.9 Å². The van der Waals surface area contributed by atoms with Gasteiger partial charge in [0.05, 0.1) is 10.7 Å². The molecule has 30 heavy (non-hydrogen) atoms. The van der Waals surface area contributed by atoms with Crippen molar-refractivity contribution in [2.45, 2.75) is 38.3 Å². The maximum atomic E-state index is 13.3. The summed E-state index contributed by atoms with van der Waals surface area (Å²) in [5.41, 5.74) is 3.06. The first-order valence-electron chi connectivity index (χ1n) is 10.4. The minimum absolute atomic E-state index is 0.209. The molecule has 4 nitrogen and oxygen atoms in total. The number of rotatable bonds is 9. The van der Waals surface area contributed by atoms with Gasteiger partial charge in [0.1, 0.15) is 5.82 Å². The average Bonchev–Trinajstić information content (AvgIpc) is 3.37. The number of amides is 1. The number of benzene rings is 2. The fourth-order valence-corrected chi connectivity index (χ4v) is 4.73. The van der Waals surface area contributed by atoms with Gasteiger partial charge in [0.15, 0.2) is 0 Å². The number of nitrogens with zero attached hydrogens (tertiary/aromatic N) is 2. The van der Waals surface area contributed by atoms with Crippen molar-refractivity contribution in [3.8, 4) is 11.3 Å². The lowest BCUT2D eigenvalue weighted by atomic mass is 10.1. The van der Waals surface area contributed by atoms with E-state index in [2.05, 4.69) is 22.8 Å². The van der Waals surface area contributed by atoms with Gasteiger partial charge in [0.2, 0.25) is 5.91 Å². The minimum Gasteiger partial charge on any atom is -0.339 e. The number of carbonyl (C=O) groups is 1. The maximum absolute atomic E-state index is 13.3. The van der Waals surface area contributed by atoms with E-state index in [1.807, 2.05) is 29.2 Å². The zero-order valence-electron chi connectivity index (χ0n) is 16.9. The van der Waals surface area contributed by atoms with Crippen LogP contribution < -0.4 is 5.32 Å². The fourth-order valence-electron chi connectivity index (χ4n) is 3.93. The smallest absolute Gasteiger partial charge is 0.222 e. The minimum atomic E-state index is -0.209. The van der Waals surface area contributed by atoms with Crippen molar-refractivity contribution in [3.63, 3.8) is 0 Å². The molecule has 1 amide bonds. The molecule has 2 aromatic carbocycles. The summed E-state index contributed by atoms with van der Waals surface area (Å²) in [6.45, 7) is 2.16. The van der Waals surface area contributed by atoms with Crippen LogP contribution in [0.5, 0.6) is 0 Å². The van der Waals surface area contributed by atoms with Crippen molar-refractivity contribution < 1.29 is 9.18 Å². The number of aromatic nitrogens is 1. The molecule has 3 aromatic rings. The topological polar surface area (TPSA) is 45.2 Å². The van der Waals surface area contributed by atoms with E-state index >= 15 is 0 Å². The van der Waals surface area contributed by atoms with Gasteiger partial charge >= 0.3 is 0 Å². The highest BCUT2D eigenvalue weighted by Crippen LogP contribution is 2.24. The molecule has 156 valence electrons.